The molecular formula is C16H22N6O2. The minimum absolute atomic E-state index is 0.0799. The Morgan fingerprint density at radius 3 is 3.00 bits per heavy atom. The van der Waals surface area contributed by atoms with E-state index in [0.29, 0.717) is 13.0 Å². The molecule has 1 saturated heterocycles. The number of nitrogens with zero attached hydrogens (tertiary/aromatic N) is 6. The van der Waals surface area contributed by atoms with E-state index < -0.39 is 5.60 Å². The second-order valence-electron chi connectivity index (χ2n) is 6.27. The highest BCUT2D eigenvalue weighted by Crippen LogP contribution is 2.25. The molecule has 3 rings (SSSR count). The predicted molar refractivity (Wildman–Crippen MR) is 88.3 cm³/mol. The highest BCUT2D eigenvalue weighted by atomic mass is 16.3. The summed E-state index contributed by atoms with van der Waals surface area (Å²) in [6.07, 6.45) is 9.84. The molecule has 1 N–H and O–H groups in total. The van der Waals surface area contributed by atoms with Gasteiger partial charge in [0.25, 0.3) is 0 Å². The summed E-state index contributed by atoms with van der Waals surface area (Å²) in [5.74, 6) is 0.671. The molecule has 8 nitrogen and oxygen atoms in total. The molecule has 1 fully saturated rings. The number of amides is 1. The molecule has 128 valence electrons. The van der Waals surface area contributed by atoms with Gasteiger partial charge in [-0.3, -0.25) is 14.5 Å². The largest absolute Gasteiger partial charge is 0.386 e. The number of likely N-dealkylation sites (N-methyl/N-ethyl adjacent to an activating group) is 1. The van der Waals surface area contributed by atoms with Crippen molar-refractivity contribution >= 4 is 11.7 Å². The lowest BCUT2D eigenvalue weighted by Crippen LogP contribution is -2.55. The van der Waals surface area contributed by atoms with Crippen LogP contribution in [0.25, 0.3) is 0 Å². The Bertz CT molecular complexity index is 662. The summed E-state index contributed by atoms with van der Waals surface area (Å²) in [6, 6.07) is 1.78. The molecule has 0 spiro atoms. The summed E-state index contributed by atoms with van der Waals surface area (Å²) in [6.45, 7) is 1.72. The highest BCUT2D eigenvalue weighted by Gasteiger charge is 2.35. The summed E-state index contributed by atoms with van der Waals surface area (Å²) < 4.78 is 1.58. The second kappa shape index (κ2) is 6.96. The smallest absolute Gasteiger partial charge is 0.244 e. The third-order valence-corrected chi connectivity index (χ3v) is 4.24. The van der Waals surface area contributed by atoms with E-state index in [1.54, 1.807) is 53.7 Å². The fourth-order valence-electron chi connectivity index (χ4n) is 3.07. The molecule has 8 heteroatoms. The van der Waals surface area contributed by atoms with Crippen molar-refractivity contribution in [3.8, 4) is 0 Å². The minimum Gasteiger partial charge on any atom is -0.386 e. The molecule has 0 aromatic carbocycles. The number of carbonyl (C=O) groups is 1. The Morgan fingerprint density at radius 2 is 2.29 bits per heavy atom. The quantitative estimate of drug-likeness (QED) is 0.840. The average molecular weight is 330 g/mol. The molecule has 0 saturated carbocycles. The molecule has 1 aliphatic rings. The fourth-order valence-corrected chi connectivity index (χ4v) is 3.07. The molecular weight excluding hydrogens is 308 g/mol. The van der Waals surface area contributed by atoms with Gasteiger partial charge in [-0.15, -0.1) is 0 Å². The maximum atomic E-state index is 12.3. The van der Waals surface area contributed by atoms with E-state index >= 15 is 0 Å². The monoisotopic (exact) mass is 330 g/mol. The van der Waals surface area contributed by atoms with Gasteiger partial charge in [-0.1, -0.05) is 0 Å². The van der Waals surface area contributed by atoms with Crippen molar-refractivity contribution in [1.82, 2.24) is 24.6 Å². The van der Waals surface area contributed by atoms with Crippen LogP contribution in [0.4, 0.5) is 5.82 Å². The zero-order valence-corrected chi connectivity index (χ0v) is 13.7. The number of hydrogen-bond acceptors (Lipinski definition) is 6. The van der Waals surface area contributed by atoms with Crippen molar-refractivity contribution in [2.24, 2.45) is 0 Å². The van der Waals surface area contributed by atoms with Crippen molar-refractivity contribution in [2.75, 3.05) is 31.6 Å². The first-order chi connectivity index (χ1) is 11.6. The Hall–Kier alpha value is -2.48. The Morgan fingerprint density at radius 1 is 1.42 bits per heavy atom. The lowest BCUT2D eigenvalue weighted by Gasteiger charge is -2.41. The van der Waals surface area contributed by atoms with Crippen LogP contribution in [0.1, 0.15) is 12.8 Å². The third kappa shape index (κ3) is 3.88. The summed E-state index contributed by atoms with van der Waals surface area (Å²) >= 11 is 0. The van der Waals surface area contributed by atoms with Crippen molar-refractivity contribution in [2.45, 2.75) is 25.0 Å². The molecule has 2 aromatic heterocycles. The van der Waals surface area contributed by atoms with Gasteiger partial charge in [0.1, 0.15) is 12.4 Å². The van der Waals surface area contributed by atoms with E-state index in [4.69, 9.17) is 0 Å². The first-order valence-electron chi connectivity index (χ1n) is 8.00. The SMILES string of the molecule is CN(CC1(O)CCCN(c2cnccn2)C1)C(=O)Cn1cccn1. The first-order valence-corrected chi connectivity index (χ1v) is 8.00. The zero-order chi connectivity index (χ0) is 17.0. The molecule has 1 unspecified atom stereocenters. The molecule has 0 bridgehead atoms. The van der Waals surface area contributed by atoms with Gasteiger partial charge < -0.3 is 14.9 Å². The molecule has 1 atom stereocenters. The van der Waals surface area contributed by atoms with Gasteiger partial charge in [-0.05, 0) is 18.9 Å². The van der Waals surface area contributed by atoms with Gasteiger partial charge in [0.05, 0.1) is 18.3 Å². The standard InChI is InChI=1S/C16H22N6O2/c1-20(15(23)11-22-9-3-5-19-22)12-16(24)4-2-8-21(13-16)14-10-17-6-7-18-14/h3,5-7,9-10,24H,2,4,8,11-13H2,1H3. The number of aliphatic hydroxyl groups is 1. The number of piperidine rings is 1. The molecule has 0 radical (unpaired) electrons. The molecule has 1 amide bonds. The van der Waals surface area contributed by atoms with Crippen molar-refractivity contribution in [3.05, 3.63) is 37.1 Å². The van der Waals surface area contributed by atoms with Crippen LogP contribution >= 0.6 is 0 Å². The summed E-state index contributed by atoms with van der Waals surface area (Å²) in [5, 5.41) is 15.0. The van der Waals surface area contributed by atoms with Crippen LogP contribution in [-0.2, 0) is 11.3 Å². The zero-order valence-electron chi connectivity index (χ0n) is 13.7. The van der Waals surface area contributed by atoms with Crippen molar-refractivity contribution in [3.63, 3.8) is 0 Å². The van der Waals surface area contributed by atoms with E-state index in [2.05, 4.69) is 15.1 Å². The van der Waals surface area contributed by atoms with Gasteiger partial charge in [0.15, 0.2) is 0 Å². The summed E-state index contributed by atoms with van der Waals surface area (Å²) in [7, 11) is 1.71. The lowest BCUT2D eigenvalue weighted by molar-refractivity contribution is -0.134. The fraction of sp³-hybridized carbons (Fsp3) is 0.500. The van der Waals surface area contributed by atoms with Gasteiger partial charge in [-0.25, -0.2) is 4.98 Å². The minimum atomic E-state index is -0.954. The Balaban J connectivity index is 1.61. The lowest BCUT2D eigenvalue weighted by atomic mass is 9.92. The van der Waals surface area contributed by atoms with E-state index in [9.17, 15) is 9.90 Å². The molecule has 1 aliphatic heterocycles. The third-order valence-electron chi connectivity index (χ3n) is 4.24. The molecule has 2 aromatic rings. The normalized spacial score (nSPS) is 20.8. The van der Waals surface area contributed by atoms with E-state index in [1.165, 1.54) is 0 Å². The molecule has 3 heterocycles. The van der Waals surface area contributed by atoms with Crippen LogP contribution in [0.5, 0.6) is 0 Å². The summed E-state index contributed by atoms with van der Waals surface area (Å²) in [4.78, 5) is 24.3. The number of β-amino-alcohol motifs (C(OH)–C–C–N with tert-alkyl or cyclic N) is 1. The topological polar surface area (TPSA) is 87.4 Å². The van der Waals surface area contributed by atoms with E-state index in [1.807, 2.05) is 4.90 Å². The first kappa shape index (κ1) is 16.4. The molecule has 24 heavy (non-hydrogen) atoms. The number of hydrogen-bond donors (Lipinski definition) is 1. The van der Waals surface area contributed by atoms with Crippen LogP contribution in [0.15, 0.2) is 37.1 Å². The maximum Gasteiger partial charge on any atom is 0.244 e. The highest BCUT2D eigenvalue weighted by molar-refractivity contribution is 5.75. The Labute approximate surface area is 140 Å². The summed E-state index contributed by atoms with van der Waals surface area (Å²) in [5.41, 5.74) is -0.954. The van der Waals surface area contributed by atoms with Crippen LogP contribution in [-0.4, -0.2) is 67.9 Å². The predicted octanol–water partition coefficient (Wildman–Crippen LogP) is 0.163. The maximum absolute atomic E-state index is 12.3. The van der Waals surface area contributed by atoms with Gasteiger partial charge in [-0.2, -0.15) is 5.10 Å². The Kier molecular flexibility index (Phi) is 4.75. The van der Waals surface area contributed by atoms with Crippen LogP contribution in [0.3, 0.4) is 0 Å². The van der Waals surface area contributed by atoms with Crippen LogP contribution in [0.2, 0.25) is 0 Å². The van der Waals surface area contributed by atoms with Crippen LogP contribution < -0.4 is 4.90 Å². The number of carbonyl (C=O) groups excluding carboxylic acids is 1. The van der Waals surface area contributed by atoms with Crippen LogP contribution in [0, 0.1) is 0 Å². The van der Waals surface area contributed by atoms with E-state index in [0.717, 1.165) is 18.8 Å². The van der Waals surface area contributed by atoms with E-state index in [-0.39, 0.29) is 19.0 Å². The van der Waals surface area contributed by atoms with Crippen molar-refractivity contribution in [1.29, 1.82) is 0 Å². The number of aromatic nitrogens is 4. The van der Waals surface area contributed by atoms with Crippen molar-refractivity contribution < 1.29 is 9.90 Å². The molecule has 0 aliphatic carbocycles. The number of anilines is 1. The number of rotatable bonds is 5. The van der Waals surface area contributed by atoms with Gasteiger partial charge in [0.2, 0.25) is 5.91 Å². The van der Waals surface area contributed by atoms with Gasteiger partial charge in [0, 0.05) is 44.9 Å². The average Bonchev–Trinajstić information content (AvgIpc) is 3.08. The second-order valence-corrected chi connectivity index (χ2v) is 6.27. The van der Waals surface area contributed by atoms with Gasteiger partial charge >= 0.3 is 0 Å².